The van der Waals surface area contributed by atoms with E-state index in [1.54, 1.807) is 14.2 Å². The topological polar surface area (TPSA) is 60.1 Å². The third kappa shape index (κ3) is 4.27. The first-order valence-corrected chi connectivity index (χ1v) is 11.6. The van der Waals surface area contributed by atoms with Crippen LogP contribution in [0.2, 0.25) is 0 Å². The lowest BCUT2D eigenvalue weighted by Crippen LogP contribution is -2.07. The van der Waals surface area contributed by atoms with E-state index in [1.807, 2.05) is 30.3 Å². The number of halogens is 1. The van der Waals surface area contributed by atoms with Gasteiger partial charge in [0.2, 0.25) is 0 Å². The molecule has 0 bridgehead atoms. The SMILES string of the molecule is COCCn1c(-c2ccc(C(C)C)cc2)nc2c(Br)c(-c3ccccc3C#N)cc(OC)c21. The van der Waals surface area contributed by atoms with Gasteiger partial charge < -0.3 is 14.0 Å². The second kappa shape index (κ2) is 9.78. The second-order valence-electron chi connectivity index (χ2n) is 8.15. The van der Waals surface area contributed by atoms with Gasteiger partial charge in [0.25, 0.3) is 0 Å². The molecule has 1 heterocycles. The summed E-state index contributed by atoms with van der Waals surface area (Å²) in [5, 5.41) is 9.64. The number of fused-ring (bicyclic) bond motifs is 1. The van der Waals surface area contributed by atoms with Gasteiger partial charge in [-0.05, 0) is 39.5 Å². The zero-order valence-corrected chi connectivity index (χ0v) is 20.8. The van der Waals surface area contributed by atoms with Gasteiger partial charge in [0.1, 0.15) is 22.6 Å². The summed E-state index contributed by atoms with van der Waals surface area (Å²) in [5.74, 6) is 2.01. The molecule has 1 aromatic heterocycles. The van der Waals surface area contributed by atoms with Crippen molar-refractivity contribution in [1.82, 2.24) is 9.55 Å². The Hall–Kier alpha value is -3.14. The van der Waals surface area contributed by atoms with Crippen molar-refractivity contribution >= 4 is 27.0 Å². The summed E-state index contributed by atoms with van der Waals surface area (Å²) >= 11 is 3.79. The van der Waals surface area contributed by atoms with E-state index in [2.05, 4.69) is 64.7 Å². The minimum atomic E-state index is 0.461. The molecule has 0 fully saturated rings. The molecule has 3 aromatic carbocycles. The summed E-state index contributed by atoms with van der Waals surface area (Å²) in [4.78, 5) is 5.06. The molecule has 0 unspecified atom stereocenters. The van der Waals surface area contributed by atoms with Crippen LogP contribution in [0, 0.1) is 11.3 Å². The van der Waals surface area contributed by atoms with Crippen molar-refractivity contribution in [1.29, 1.82) is 5.26 Å². The number of nitrogens with zero attached hydrogens (tertiary/aromatic N) is 3. The Kier molecular flexibility index (Phi) is 6.83. The Morgan fingerprint density at radius 1 is 1.06 bits per heavy atom. The van der Waals surface area contributed by atoms with E-state index in [1.165, 1.54) is 5.56 Å². The largest absolute Gasteiger partial charge is 0.494 e. The number of methoxy groups -OCH3 is 2. The van der Waals surface area contributed by atoms with E-state index in [-0.39, 0.29) is 0 Å². The molecule has 168 valence electrons. The van der Waals surface area contributed by atoms with Crippen molar-refractivity contribution in [3.05, 3.63) is 70.2 Å². The zero-order chi connectivity index (χ0) is 23.5. The van der Waals surface area contributed by atoms with Crippen molar-refractivity contribution in [2.75, 3.05) is 20.8 Å². The Labute approximate surface area is 202 Å². The van der Waals surface area contributed by atoms with Crippen LogP contribution in [-0.2, 0) is 11.3 Å². The molecule has 0 aliphatic rings. The van der Waals surface area contributed by atoms with E-state index >= 15 is 0 Å². The van der Waals surface area contributed by atoms with Crippen LogP contribution in [-0.4, -0.2) is 30.4 Å². The quantitative estimate of drug-likeness (QED) is 0.278. The van der Waals surface area contributed by atoms with E-state index in [4.69, 9.17) is 14.5 Å². The fourth-order valence-corrected chi connectivity index (χ4v) is 4.66. The molecule has 4 aromatic rings. The Balaban J connectivity index is 2.00. The van der Waals surface area contributed by atoms with Crippen LogP contribution in [0.3, 0.4) is 0 Å². The normalized spacial score (nSPS) is 11.2. The van der Waals surface area contributed by atoms with Gasteiger partial charge >= 0.3 is 0 Å². The second-order valence-corrected chi connectivity index (χ2v) is 8.94. The van der Waals surface area contributed by atoms with Crippen LogP contribution < -0.4 is 4.74 Å². The minimum Gasteiger partial charge on any atom is -0.494 e. The van der Waals surface area contributed by atoms with Gasteiger partial charge in [-0.2, -0.15) is 5.26 Å². The average Bonchev–Trinajstić information content (AvgIpc) is 3.23. The summed E-state index contributed by atoms with van der Waals surface area (Å²) in [6.07, 6.45) is 0. The van der Waals surface area contributed by atoms with Gasteiger partial charge in [-0.1, -0.05) is 56.3 Å². The maximum absolute atomic E-state index is 9.64. The highest BCUT2D eigenvalue weighted by Gasteiger charge is 2.22. The monoisotopic (exact) mass is 503 g/mol. The molecule has 0 saturated carbocycles. The van der Waals surface area contributed by atoms with Crippen molar-refractivity contribution in [2.24, 2.45) is 0 Å². The van der Waals surface area contributed by atoms with Gasteiger partial charge in [0.05, 0.1) is 29.8 Å². The summed E-state index contributed by atoms with van der Waals surface area (Å²) in [6, 6.07) is 20.4. The fraction of sp³-hybridized carbons (Fsp3) is 0.259. The van der Waals surface area contributed by atoms with E-state index < -0.39 is 0 Å². The lowest BCUT2D eigenvalue weighted by molar-refractivity contribution is 0.188. The van der Waals surface area contributed by atoms with Gasteiger partial charge in [0, 0.05) is 30.3 Å². The standard InChI is InChI=1S/C27H26BrN3O2/c1-17(2)18-9-11-19(12-10-18)27-30-25-24(28)22(21-8-6-5-7-20(21)16-29)15-23(33-4)26(25)31(27)13-14-32-3/h5-12,15,17H,13-14H2,1-4H3. The Bertz CT molecular complexity index is 1330. The zero-order valence-electron chi connectivity index (χ0n) is 19.2. The number of rotatable bonds is 7. The predicted octanol–water partition coefficient (Wildman–Crippen LogP) is 6.78. The van der Waals surface area contributed by atoms with Gasteiger partial charge in [-0.15, -0.1) is 0 Å². The first-order chi connectivity index (χ1) is 16.0. The Morgan fingerprint density at radius 3 is 2.42 bits per heavy atom. The third-order valence-electron chi connectivity index (χ3n) is 5.83. The average molecular weight is 504 g/mol. The molecule has 0 radical (unpaired) electrons. The molecule has 0 aliphatic heterocycles. The molecule has 6 heteroatoms. The highest BCUT2D eigenvalue weighted by molar-refractivity contribution is 9.10. The first-order valence-electron chi connectivity index (χ1n) is 10.9. The Morgan fingerprint density at radius 2 is 1.79 bits per heavy atom. The van der Waals surface area contributed by atoms with Crippen molar-refractivity contribution in [2.45, 2.75) is 26.3 Å². The van der Waals surface area contributed by atoms with Crippen LogP contribution in [0.1, 0.15) is 30.9 Å². The molecular formula is C27H26BrN3O2. The van der Waals surface area contributed by atoms with Gasteiger partial charge in [-0.3, -0.25) is 0 Å². The molecule has 5 nitrogen and oxygen atoms in total. The summed E-state index contributed by atoms with van der Waals surface area (Å²) in [6.45, 7) is 5.55. The minimum absolute atomic E-state index is 0.461. The number of nitriles is 1. The number of ether oxygens (including phenoxy) is 2. The predicted molar refractivity (Wildman–Crippen MR) is 136 cm³/mol. The van der Waals surface area contributed by atoms with Gasteiger partial charge in [0.15, 0.2) is 0 Å². The summed E-state index contributed by atoms with van der Waals surface area (Å²) in [7, 11) is 3.35. The summed E-state index contributed by atoms with van der Waals surface area (Å²) in [5.41, 5.74) is 6.30. The third-order valence-corrected chi connectivity index (χ3v) is 6.64. The number of benzene rings is 3. The van der Waals surface area contributed by atoms with Gasteiger partial charge in [-0.25, -0.2) is 4.98 Å². The molecule has 0 amide bonds. The molecule has 0 N–H and O–H groups in total. The lowest BCUT2D eigenvalue weighted by atomic mass is 9.99. The van der Waals surface area contributed by atoms with E-state index in [9.17, 15) is 5.26 Å². The maximum Gasteiger partial charge on any atom is 0.145 e. The molecule has 0 atom stereocenters. The van der Waals surface area contributed by atoms with Crippen molar-refractivity contribution in [3.63, 3.8) is 0 Å². The smallest absolute Gasteiger partial charge is 0.145 e. The maximum atomic E-state index is 9.64. The molecule has 0 spiro atoms. The van der Waals surface area contributed by atoms with Crippen molar-refractivity contribution < 1.29 is 9.47 Å². The van der Waals surface area contributed by atoms with Crippen LogP contribution in [0.25, 0.3) is 33.5 Å². The molecule has 33 heavy (non-hydrogen) atoms. The molecule has 0 aliphatic carbocycles. The number of aromatic nitrogens is 2. The highest BCUT2D eigenvalue weighted by atomic mass is 79.9. The highest BCUT2D eigenvalue weighted by Crippen LogP contribution is 2.42. The number of hydrogen-bond donors (Lipinski definition) is 0. The van der Waals surface area contributed by atoms with Crippen LogP contribution in [0.15, 0.2) is 59.1 Å². The van der Waals surface area contributed by atoms with Crippen LogP contribution in [0.4, 0.5) is 0 Å². The molecule has 4 rings (SSSR count). The number of imidazole rings is 1. The fourth-order valence-electron chi connectivity index (χ4n) is 4.05. The van der Waals surface area contributed by atoms with E-state index in [0.29, 0.717) is 30.4 Å². The van der Waals surface area contributed by atoms with Crippen molar-refractivity contribution in [3.8, 4) is 34.3 Å². The first kappa shape index (κ1) is 23.0. The van der Waals surface area contributed by atoms with Crippen LogP contribution >= 0.6 is 15.9 Å². The number of hydrogen-bond acceptors (Lipinski definition) is 4. The molecule has 0 saturated heterocycles. The van der Waals surface area contributed by atoms with Crippen LogP contribution in [0.5, 0.6) is 5.75 Å². The molecular weight excluding hydrogens is 478 g/mol. The van der Waals surface area contributed by atoms with E-state index in [0.717, 1.165) is 38.0 Å². The lowest BCUT2D eigenvalue weighted by Gasteiger charge is -2.14. The summed E-state index contributed by atoms with van der Waals surface area (Å²) < 4.78 is 14.2.